The summed E-state index contributed by atoms with van der Waals surface area (Å²) < 4.78 is 11.2. The van der Waals surface area contributed by atoms with Crippen molar-refractivity contribution in [1.29, 1.82) is 0 Å². The fraction of sp³-hybridized carbons (Fsp3) is 0. The third-order valence-electron chi connectivity index (χ3n) is 6.16. The van der Waals surface area contributed by atoms with Crippen LogP contribution in [0.25, 0.3) is 21.5 Å². The van der Waals surface area contributed by atoms with Crippen molar-refractivity contribution in [3.05, 3.63) is 145 Å². The first kappa shape index (κ1) is 26.0. The van der Waals surface area contributed by atoms with E-state index in [4.69, 9.17) is 9.47 Å². The molecule has 6 aromatic carbocycles. The zero-order valence-electron chi connectivity index (χ0n) is 21.2. The lowest BCUT2D eigenvalue weighted by Crippen LogP contribution is -2.08. The number of aromatic hydroxyl groups is 1. The van der Waals surface area contributed by atoms with Gasteiger partial charge in [0.1, 0.15) is 34.1 Å². The zero-order chi connectivity index (χ0) is 27.9. The quantitative estimate of drug-likeness (QED) is 0.173. The predicted molar refractivity (Wildman–Crippen MR) is 154 cm³/mol. The molecule has 0 atom stereocenters. The van der Waals surface area contributed by atoms with Crippen molar-refractivity contribution in [2.45, 2.75) is 0 Å². The van der Waals surface area contributed by atoms with Crippen LogP contribution in [0.15, 0.2) is 133 Å². The van der Waals surface area contributed by atoms with Gasteiger partial charge in [0.15, 0.2) is 0 Å². The Hall–Kier alpha value is -5.62. The normalized spacial score (nSPS) is 10.4. The van der Waals surface area contributed by atoms with E-state index in [9.17, 15) is 19.8 Å². The van der Waals surface area contributed by atoms with Gasteiger partial charge in [-0.05, 0) is 47.2 Å². The largest absolute Gasteiger partial charge is 0.507 e. The molecule has 0 amide bonds. The molecule has 0 fully saturated rings. The van der Waals surface area contributed by atoms with Crippen LogP contribution < -0.4 is 9.47 Å². The fourth-order valence-corrected chi connectivity index (χ4v) is 4.22. The molecule has 0 saturated heterocycles. The second kappa shape index (κ2) is 11.8. The van der Waals surface area contributed by atoms with Crippen molar-refractivity contribution < 1.29 is 29.3 Å². The van der Waals surface area contributed by atoms with Crippen LogP contribution in [0.3, 0.4) is 0 Å². The summed E-state index contributed by atoms with van der Waals surface area (Å²) in [5.74, 6) is -0.178. The molecule has 6 nitrogen and oxygen atoms in total. The lowest BCUT2D eigenvalue weighted by atomic mass is 10.1. The number of benzene rings is 6. The number of para-hydroxylation sites is 2. The smallest absolute Gasteiger partial charge is 0.347 e. The van der Waals surface area contributed by atoms with Gasteiger partial charge in [0, 0.05) is 10.8 Å². The summed E-state index contributed by atoms with van der Waals surface area (Å²) >= 11 is 0. The fourth-order valence-electron chi connectivity index (χ4n) is 4.22. The number of carbonyl (C=O) groups is 2. The van der Waals surface area contributed by atoms with Gasteiger partial charge in [-0.15, -0.1) is 0 Å². The third kappa shape index (κ3) is 5.76. The first-order valence-electron chi connectivity index (χ1n) is 12.5. The van der Waals surface area contributed by atoms with E-state index in [1.807, 2.05) is 78.9 Å². The highest BCUT2D eigenvalue weighted by atomic mass is 16.5. The number of carboxylic acids is 1. The van der Waals surface area contributed by atoms with Crippen LogP contribution in [-0.2, 0) is 0 Å². The summed E-state index contributed by atoms with van der Waals surface area (Å²) in [4.78, 5) is 23.3. The molecule has 6 aromatic rings. The summed E-state index contributed by atoms with van der Waals surface area (Å²) in [6.07, 6.45) is 0. The molecular weight excluding hydrogens is 504 g/mol. The molecule has 0 radical (unpaired) electrons. The Kier molecular flexibility index (Phi) is 7.69. The number of hydrogen-bond acceptors (Lipinski definition) is 5. The maximum Gasteiger partial charge on any atom is 0.347 e. The summed E-state index contributed by atoms with van der Waals surface area (Å²) in [6.45, 7) is 0. The van der Waals surface area contributed by atoms with E-state index >= 15 is 0 Å². The van der Waals surface area contributed by atoms with Gasteiger partial charge in [0.25, 0.3) is 0 Å². The van der Waals surface area contributed by atoms with Gasteiger partial charge in [-0.25, -0.2) is 9.59 Å². The van der Waals surface area contributed by atoms with Crippen LogP contribution >= 0.6 is 0 Å². The maximum atomic E-state index is 12.1. The number of rotatable bonds is 5. The molecule has 0 spiro atoms. The number of phenols is 1. The zero-order valence-corrected chi connectivity index (χ0v) is 21.2. The van der Waals surface area contributed by atoms with E-state index in [-0.39, 0.29) is 16.9 Å². The lowest BCUT2D eigenvalue weighted by molar-refractivity contribution is 0.0691. The number of ether oxygens (including phenoxy) is 2. The molecular formula is C34H24O6. The summed E-state index contributed by atoms with van der Waals surface area (Å²) in [7, 11) is 0. The second-order valence-electron chi connectivity index (χ2n) is 8.76. The van der Waals surface area contributed by atoms with Crippen LogP contribution in [0.1, 0.15) is 20.7 Å². The average molecular weight is 529 g/mol. The van der Waals surface area contributed by atoms with E-state index in [1.54, 1.807) is 36.4 Å². The van der Waals surface area contributed by atoms with E-state index in [0.29, 0.717) is 17.2 Å². The van der Waals surface area contributed by atoms with Gasteiger partial charge >= 0.3 is 11.9 Å². The number of carbonyl (C=O) groups excluding carboxylic acids is 1. The van der Waals surface area contributed by atoms with E-state index in [0.717, 1.165) is 21.5 Å². The molecule has 0 heterocycles. The van der Waals surface area contributed by atoms with Crippen molar-refractivity contribution in [3.8, 4) is 23.0 Å². The van der Waals surface area contributed by atoms with Crippen LogP contribution in [0.5, 0.6) is 23.0 Å². The first-order chi connectivity index (χ1) is 19.5. The molecule has 0 saturated carbocycles. The summed E-state index contributed by atoms with van der Waals surface area (Å²) in [5, 5.41) is 22.7. The van der Waals surface area contributed by atoms with Gasteiger partial charge in [0.05, 0.1) is 0 Å². The number of carboxylic acid groups (broad SMARTS) is 1. The Labute approximate surface area is 230 Å². The minimum absolute atomic E-state index is 0.0854. The van der Waals surface area contributed by atoms with Crippen LogP contribution in [0.2, 0.25) is 0 Å². The number of esters is 1. The number of fused-ring (bicyclic) bond motifs is 2. The highest BCUT2D eigenvalue weighted by Gasteiger charge is 2.14. The average Bonchev–Trinajstić information content (AvgIpc) is 2.98. The summed E-state index contributed by atoms with van der Waals surface area (Å²) in [6, 6.07) is 39.7. The Bertz CT molecular complexity index is 1810. The lowest BCUT2D eigenvalue weighted by Gasteiger charge is -2.10. The van der Waals surface area contributed by atoms with Crippen molar-refractivity contribution in [3.63, 3.8) is 0 Å². The van der Waals surface area contributed by atoms with Crippen molar-refractivity contribution >= 4 is 33.5 Å². The SMILES string of the molecule is O=C(O)c1ccccc1Oc1cccc2ccccc12.O=C(Oc1cccc2ccccc12)c1ccccc1O. The minimum atomic E-state index is -0.999. The van der Waals surface area contributed by atoms with Crippen molar-refractivity contribution in [2.24, 2.45) is 0 Å². The summed E-state index contributed by atoms with van der Waals surface area (Å²) in [5.41, 5.74) is 0.306. The van der Waals surface area contributed by atoms with Gasteiger partial charge in [0.2, 0.25) is 0 Å². The molecule has 196 valence electrons. The Morgan fingerprint density at radius 3 is 1.62 bits per heavy atom. The Balaban J connectivity index is 0.000000161. The predicted octanol–water partition coefficient (Wildman–Crippen LogP) is 8.09. The van der Waals surface area contributed by atoms with Crippen LogP contribution in [0.4, 0.5) is 0 Å². The topological polar surface area (TPSA) is 93.1 Å². The molecule has 0 aliphatic rings. The van der Waals surface area contributed by atoms with Gasteiger partial charge < -0.3 is 19.7 Å². The molecule has 0 aliphatic heterocycles. The van der Waals surface area contributed by atoms with E-state index < -0.39 is 11.9 Å². The molecule has 2 N–H and O–H groups in total. The number of hydrogen-bond donors (Lipinski definition) is 2. The monoisotopic (exact) mass is 528 g/mol. The molecule has 0 aromatic heterocycles. The molecule has 0 aliphatic carbocycles. The Morgan fingerprint density at radius 2 is 0.975 bits per heavy atom. The van der Waals surface area contributed by atoms with Crippen molar-refractivity contribution in [1.82, 2.24) is 0 Å². The van der Waals surface area contributed by atoms with Gasteiger partial charge in [-0.3, -0.25) is 0 Å². The van der Waals surface area contributed by atoms with Crippen LogP contribution in [-0.4, -0.2) is 22.2 Å². The highest BCUT2D eigenvalue weighted by Crippen LogP contribution is 2.31. The standard InChI is InChI=1S/2C17H12O3/c18-17(19)14-9-3-4-10-16(14)20-15-11-5-7-12-6-1-2-8-13(12)15;18-15-10-4-3-9-14(15)17(19)20-16-11-5-7-12-6-1-2-8-13(12)16/h1-11H,(H,18,19);1-11,18H. The molecule has 40 heavy (non-hydrogen) atoms. The number of aromatic carboxylic acids is 1. The van der Waals surface area contributed by atoms with E-state index in [1.165, 1.54) is 18.2 Å². The van der Waals surface area contributed by atoms with E-state index in [2.05, 4.69) is 0 Å². The molecule has 0 bridgehead atoms. The number of phenolic OH excluding ortho intramolecular Hbond substituents is 1. The molecule has 6 heteroatoms. The Morgan fingerprint density at radius 1 is 0.500 bits per heavy atom. The maximum absolute atomic E-state index is 12.1. The second-order valence-corrected chi connectivity index (χ2v) is 8.76. The molecule has 0 unspecified atom stereocenters. The van der Waals surface area contributed by atoms with Crippen LogP contribution in [0, 0.1) is 0 Å². The first-order valence-corrected chi connectivity index (χ1v) is 12.5. The highest BCUT2D eigenvalue weighted by molar-refractivity contribution is 5.97. The third-order valence-corrected chi connectivity index (χ3v) is 6.16. The minimum Gasteiger partial charge on any atom is -0.507 e. The van der Waals surface area contributed by atoms with Gasteiger partial charge in [-0.2, -0.15) is 0 Å². The van der Waals surface area contributed by atoms with Gasteiger partial charge in [-0.1, -0.05) is 97.1 Å². The van der Waals surface area contributed by atoms with Crippen molar-refractivity contribution in [2.75, 3.05) is 0 Å². The molecule has 6 rings (SSSR count).